The minimum Gasteiger partial charge on any atom is -0.489 e. The van der Waals surface area contributed by atoms with Crippen molar-refractivity contribution in [2.24, 2.45) is 5.84 Å². The summed E-state index contributed by atoms with van der Waals surface area (Å²) in [6.45, 7) is 4.21. The highest BCUT2D eigenvalue weighted by molar-refractivity contribution is 6.06. The predicted octanol–water partition coefficient (Wildman–Crippen LogP) is 3.32. The van der Waals surface area contributed by atoms with Gasteiger partial charge in [-0.3, -0.25) is 5.01 Å². The lowest BCUT2D eigenvalue weighted by atomic mass is 10.1. The van der Waals surface area contributed by atoms with E-state index in [0.717, 1.165) is 33.0 Å². The Hall–Kier alpha value is -3.32. The summed E-state index contributed by atoms with van der Waals surface area (Å²) in [6, 6.07) is 10.9. The van der Waals surface area contributed by atoms with Crippen LogP contribution in [0, 0.1) is 19.3 Å². The Balaban J connectivity index is 2.17. The monoisotopic (exact) mass is 381 g/mol. The first-order chi connectivity index (χ1) is 13.3. The number of aryl methyl sites for hydroxylation is 2. The highest BCUT2D eigenvalue weighted by atomic mass is 16.5. The number of rotatable bonds is 7. The van der Waals surface area contributed by atoms with E-state index in [4.69, 9.17) is 16.0 Å². The molecular formula is C21H27N5O2. The minimum atomic E-state index is -0.402. The van der Waals surface area contributed by atoms with Crippen molar-refractivity contribution in [2.45, 2.75) is 20.5 Å². The molecule has 2 aromatic carbocycles. The van der Waals surface area contributed by atoms with Crippen molar-refractivity contribution in [2.75, 3.05) is 19.4 Å². The molecule has 2 aromatic rings. The molecule has 0 spiro atoms. The van der Waals surface area contributed by atoms with E-state index in [1.54, 1.807) is 19.3 Å². The normalized spacial score (nSPS) is 10.6. The standard InChI is InChI=1S/C21H27N5O2/c1-14-6-5-7-19(25-21(27)26(4)23)17(14)13-28-20-9-8-16(12-15(20)2)18(22)10-11-24-3/h5-12,22,24H,13,23H2,1-4H3,(H,25,27)/b11-10-,22-18?. The maximum atomic E-state index is 11.9. The Morgan fingerprint density at radius 3 is 2.64 bits per heavy atom. The summed E-state index contributed by atoms with van der Waals surface area (Å²) >= 11 is 0. The molecule has 5 N–H and O–H groups in total. The minimum absolute atomic E-state index is 0.299. The molecule has 0 radical (unpaired) electrons. The third-order valence-corrected chi connectivity index (χ3v) is 4.25. The number of nitrogens with zero attached hydrogens (tertiary/aromatic N) is 1. The van der Waals surface area contributed by atoms with E-state index in [1.165, 1.54) is 7.05 Å². The molecule has 28 heavy (non-hydrogen) atoms. The van der Waals surface area contributed by atoms with E-state index in [-0.39, 0.29) is 0 Å². The van der Waals surface area contributed by atoms with E-state index in [2.05, 4.69) is 10.6 Å². The number of allylic oxidation sites excluding steroid dienone is 1. The van der Waals surface area contributed by atoms with Gasteiger partial charge in [0, 0.05) is 25.3 Å². The summed E-state index contributed by atoms with van der Waals surface area (Å²) in [6.07, 6.45) is 3.42. The largest absolute Gasteiger partial charge is 0.489 e. The molecule has 0 heterocycles. The summed E-state index contributed by atoms with van der Waals surface area (Å²) in [7, 11) is 3.27. The molecule has 2 rings (SSSR count). The van der Waals surface area contributed by atoms with Crippen LogP contribution in [0.5, 0.6) is 5.75 Å². The Bertz CT molecular complexity index is 890. The van der Waals surface area contributed by atoms with E-state index in [1.807, 2.05) is 50.2 Å². The number of benzene rings is 2. The van der Waals surface area contributed by atoms with Crippen LogP contribution in [-0.4, -0.2) is 30.8 Å². The summed E-state index contributed by atoms with van der Waals surface area (Å²) in [5.74, 6) is 6.22. The average Bonchev–Trinajstić information content (AvgIpc) is 2.66. The molecule has 2 amide bonds. The fourth-order valence-corrected chi connectivity index (χ4v) is 2.61. The van der Waals surface area contributed by atoms with Gasteiger partial charge in [0.15, 0.2) is 0 Å². The van der Waals surface area contributed by atoms with Gasteiger partial charge >= 0.3 is 6.03 Å². The van der Waals surface area contributed by atoms with Gasteiger partial charge in [-0.15, -0.1) is 0 Å². The van der Waals surface area contributed by atoms with E-state index in [9.17, 15) is 4.79 Å². The number of nitrogens with two attached hydrogens (primary N) is 1. The maximum absolute atomic E-state index is 11.9. The second-order valence-electron chi connectivity index (χ2n) is 6.45. The Kier molecular flexibility index (Phi) is 7.17. The number of carbonyl (C=O) groups is 1. The van der Waals surface area contributed by atoms with Crippen LogP contribution in [0.15, 0.2) is 48.7 Å². The number of urea groups is 1. The van der Waals surface area contributed by atoms with Gasteiger partial charge in [0.05, 0.1) is 5.71 Å². The zero-order chi connectivity index (χ0) is 20.7. The van der Waals surface area contributed by atoms with E-state index >= 15 is 0 Å². The first-order valence-electron chi connectivity index (χ1n) is 8.87. The molecule has 0 saturated carbocycles. The third-order valence-electron chi connectivity index (χ3n) is 4.25. The quantitative estimate of drug-likeness (QED) is 0.256. The number of amides is 2. The SMILES string of the molecule is CN/C=C\C(=N)c1ccc(OCc2c(C)cccc2NC(=O)N(C)N)c(C)c1. The molecule has 0 aromatic heterocycles. The molecule has 0 aliphatic rings. The van der Waals surface area contributed by atoms with Gasteiger partial charge in [-0.05, 0) is 67.1 Å². The third kappa shape index (κ3) is 5.34. The lowest BCUT2D eigenvalue weighted by molar-refractivity contribution is 0.223. The maximum Gasteiger partial charge on any atom is 0.335 e. The highest BCUT2D eigenvalue weighted by Crippen LogP contribution is 2.25. The van der Waals surface area contributed by atoms with Crippen molar-refractivity contribution in [1.29, 1.82) is 5.41 Å². The highest BCUT2D eigenvalue weighted by Gasteiger charge is 2.12. The molecule has 7 nitrogen and oxygen atoms in total. The summed E-state index contributed by atoms with van der Waals surface area (Å²) in [5, 5.41) is 14.7. The average molecular weight is 381 g/mol. The van der Waals surface area contributed by atoms with Gasteiger partial charge in [0.25, 0.3) is 0 Å². The number of nitrogens with one attached hydrogen (secondary N) is 3. The van der Waals surface area contributed by atoms with Crippen molar-refractivity contribution < 1.29 is 9.53 Å². The van der Waals surface area contributed by atoms with Gasteiger partial charge in [0.2, 0.25) is 0 Å². The number of hydrogen-bond acceptors (Lipinski definition) is 5. The molecular weight excluding hydrogens is 354 g/mol. The first-order valence-corrected chi connectivity index (χ1v) is 8.87. The van der Waals surface area contributed by atoms with Gasteiger partial charge in [0.1, 0.15) is 12.4 Å². The number of hydrazine groups is 1. The zero-order valence-corrected chi connectivity index (χ0v) is 16.7. The van der Waals surface area contributed by atoms with Gasteiger partial charge < -0.3 is 20.8 Å². The van der Waals surface area contributed by atoms with Crippen molar-refractivity contribution >= 4 is 17.4 Å². The number of ether oxygens (including phenoxy) is 1. The van der Waals surface area contributed by atoms with E-state index < -0.39 is 6.03 Å². The lowest BCUT2D eigenvalue weighted by Crippen LogP contribution is -2.37. The molecule has 0 bridgehead atoms. The number of carbonyl (C=O) groups excluding carboxylic acids is 1. The summed E-state index contributed by atoms with van der Waals surface area (Å²) in [4.78, 5) is 11.9. The second kappa shape index (κ2) is 9.57. The fourth-order valence-electron chi connectivity index (χ4n) is 2.61. The van der Waals surface area contributed by atoms with Crippen LogP contribution in [0.2, 0.25) is 0 Å². The molecule has 0 saturated heterocycles. The van der Waals surface area contributed by atoms with Crippen molar-refractivity contribution in [3.63, 3.8) is 0 Å². The molecule has 148 valence electrons. The zero-order valence-electron chi connectivity index (χ0n) is 16.7. The van der Waals surface area contributed by atoms with Crippen molar-refractivity contribution in [3.8, 4) is 5.75 Å². The molecule has 0 aliphatic carbocycles. The smallest absolute Gasteiger partial charge is 0.335 e. The molecule has 0 atom stereocenters. The predicted molar refractivity (Wildman–Crippen MR) is 113 cm³/mol. The topological polar surface area (TPSA) is 103 Å². The molecule has 0 unspecified atom stereocenters. The van der Waals surface area contributed by atoms with Crippen LogP contribution < -0.4 is 21.2 Å². The van der Waals surface area contributed by atoms with Crippen LogP contribution in [-0.2, 0) is 6.61 Å². The first kappa shape index (κ1) is 21.0. The van der Waals surface area contributed by atoms with Crippen LogP contribution in [0.3, 0.4) is 0 Å². The van der Waals surface area contributed by atoms with Crippen molar-refractivity contribution in [3.05, 3.63) is 70.9 Å². The van der Waals surface area contributed by atoms with Crippen LogP contribution in [0.1, 0.15) is 22.3 Å². The van der Waals surface area contributed by atoms with Gasteiger partial charge in [-0.25, -0.2) is 10.6 Å². The molecule has 0 aliphatic heterocycles. The van der Waals surface area contributed by atoms with Gasteiger partial charge in [-0.1, -0.05) is 12.1 Å². The van der Waals surface area contributed by atoms with E-state index in [0.29, 0.717) is 18.0 Å². The Morgan fingerprint density at radius 2 is 2.00 bits per heavy atom. The van der Waals surface area contributed by atoms with Gasteiger partial charge in [-0.2, -0.15) is 0 Å². The fraction of sp³-hybridized carbons (Fsp3) is 0.238. The number of hydrogen-bond donors (Lipinski definition) is 4. The Morgan fingerprint density at radius 1 is 1.25 bits per heavy atom. The molecule has 7 heteroatoms. The summed E-state index contributed by atoms with van der Waals surface area (Å²) < 4.78 is 6.01. The van der Waals surface area contributed by atoms with Crippen LogP contribution in [0.25, 0.3) is 0 Å². The second-order valence-corrected chi connectivity index (χ2v) is 6.45. The Labute approximate surface area is 165 Å². The lowest BCUT2D eigenvalue weighted by Gasteiger charge is -2.17. The number of anilines is 1. The van der Waals surface area contributed by atoms with Crippen LogP contribution in [0.4, 0.5) is 10.5 Å². The van der Waals surface area contributed by atoms with Crippen LogP contribution >= 0.6 is 0 Å². The van der Waals surface area contributed by atoms with Crippen molar-refractivity contribution in [1.82, 2.24) is 10.3 Å². The summed E-state index contributed by atoms with van der Waals surface area (Å²) in [5.41, 5.74) is 4.71. The molecule has 0 fully saturated rings.